The first-order valence-corrected chi connectivity index (χ1v) is 8.33. The van der Waals surface area contributed by atoms with E-state index in [4.69, 9.17) is 4.74 Å². The van der Waals surface area contributed by atoms with Crippen LogP contribution in [0, 0.1) is 0 Å². The second-order valence-corrected chi connectivity index (χ2v) is 6.57. The third kappa shape index (κ3) is 2.90. The van der Waals surface area contributed by atoms with Gasteiger partial charge in [0.15, 0.2) is 0 Å². The summed E-state index contributed by atoms with van der Waals surface area (Å²) in [6.07, 6.45) is 2.40. The van der Waals surface area contributed by atoms with Crippen LogP contribution >= 0.6 is 11.3 Å². The molecule has 1 amide bonds. The lowest BCUT2D eigenvalue weighted by Gasteiger charge is -2.15. The van der Waals surface area contributed by atoms with Crippen LogP contribution in [0.1, 0.15) is 16.1 Å². The van der Waals surface area contributed by atoms with E-state index >= 15 is 0 Å². The smallest absolute Gasteiger partial charge is 0.264 e. The Labute approximate surface area is 137 Å². The number of amides is 1. The fraction of sp³-hybridized carbons (Fsp3) is 0.235. The summed E-state index contributed by atoms with van der Waals surface area (Å²) in [6, 6.07) is 13.6. The Morgan fingerprint density at radius 2 is 2.17 bits per heavy atom. The predicted molar refractivity (Wildman–Crippen MR) is 88.8 cm³/mol. The van der Waals surface area contributed by atoms with Crippen molar-refractivity contribution >= 4 is 27.3 Å². The molecule has 23 heavy (non-hydrogen) atoms. The number of rotatable bonds is 3. The average Bonchev–Trinajstić information content (AvgIpc) is 3.21. The SMILES string of the molecule is O=C(c1cc2ccccc2s1)N1CCC(Oc2cccnn2)C1. The van der Waals surface area contributed by atoms with Gasteiger partial charge in [0.25, 0.3) is 5.91 Å². The minimum Gasteiger partial charge on any atom is -0.471 e. The molecular weight excluding hydrogens is 310 g/mol. The van der Waals surface area contributed by atoms with Gasteiger partial charge < -0.3 is 9.64 Å². The summed E-state index contributed by atoms with van der Waals surface area (Å²) in [6.45, 7) is 1.29. The van der Waals surface area contributed by atoms with E-state index in [-0.39, 0.29) is 12.0 Å². The van der Waals surface area contributed by atoms with Crippen molar-refractivity contribution in [3.05, 3.63) is 53.5 Å². The van der Waals surface area contributed by atoms with Crippen molar-refractivity contribution in [3.63, 3.8) is 0 Å². The van der Waals surface area contributed by atoms with Gasteiger partial charge in [0.05, 0.1) is 11.4 Å². The second-order valence-electron chi connectivity index (χ2n) is 5.49. The molecule has 4 rings (SSSR count). The number of carbonyl (C=O) groups excluding carboxylic acids is 1. The Morgan fingerprint density at radius 1 is 1.26 bits per heavy atom. The number of benzene rings is 1. The standard InChI is InChI=1S/C17H15N3O2S/c21-17(15-10-12-4-1-2-5-14(12)23-15)20-9-7-13(11-20)22-16-6-3-8-18-19-16/h1-6,8,10,13H,7,9,11H2. The minimum atomic E-state index is -0.0231. The lowest BCUT2D eigenvalue weighted by molar-refractivity contribution is 0.0776. The van der Waals surface area contributed by atoms with Crippen molar-refractivity contribution in [2.45, 2.75) is 12.5 Å². The highest BCUT2D eigenvalue weighted by Gasteiger charge is 2.29. The second kappa shape index (κ2) is 5.96. The Hall–Kier alpha value is -2.47. The van der Waals surface area contributed by atoms with E-state index in [0.717, 1.165) is 21.4 Å². The van der Waals surface area contributed by atoms with Gasteiger partial charge in [-0.05, 0) is 23.6 Å². The summed E-state index contributed by atoms with van der Waals surface area (Å²) < 4.78 is 6.93. The summed E-state index contributed by atoms with van der Waals surface area (Å²) in [4.78, 5) is 15.3. The number of carbonyl (C=O) groups is 1. The first kappa shape index (κ1) is 14.1. The first-order valence-electron chi connectivity index (χ1n) is 7.52. The summed E-state index contributed by atoms with van der Waals surface area (Å²) in [5.74, 6) is 0.588. The summed E-state index contributed by atoms with van der Waals surface area (Å²) in [5.41, 5.74) is 0. The Morgan fingerprint density at radius 3 is 3.00 bits per heavy atom. The maximum atomic E-state index is 12.7. The van der Waals surface area contributed by atoms with E-state index in [1.54, 1.807) is 29.7 Å². The monoisotopic (exact) mass is 325 g/mol. The van der Waals surface area contributed by atoms with Crippen LogP contribution in [-0.2, 0) is 0 Å². The van der Waals surface area contributed by atoms with E-state index < -0.39 is 0 Å². The molecule has 0 N–H and O–H groups in total. The highest BCUT2D eigenvalue weighted by molar-refractivity contribution is 7.20. The van der Waals surface area contributed by atoms with Gasteiger partial charge in [-0.15, -0.1) is 16.4 Å². The van der Waals surface area contributed by atoms with Gasteiger partial charge in [0.2, 0.25) is 5.88 Å². The molecule has 3 heterocycles. The van der Waals surface area contributed by atoms with Gasteiger partial charge >= 0.3 is 0 Å². The van der Waals surface area contributed by atoms with E-state index in [9.17, 15) is 4.79 Å². The lowest BCUT2D eigenvalue weighted by atomic mass is 10.2. The largest absolute Gasteiger partial charge is 0.471 e. The molecule has 116 valence electrons. The van der Waals surface area contributed by atoms with Crippen molar-refractivity contribution in [1.29, 1.82) is 0 Å². The Bertz CT molecular complexity index is 801. The van der Waals surface area contributed by atoms with Crippen molar-refractivity contribution in [2.24, 2.45) is 0 Å². The number of nitrogens with zero attached hydrogens (tertiary/aromatic N) is 3. The zero-order valence-electron chi connectivity index (χ0n) is 12.4. The number of aromatic nitrogens is 2. The molecule has 0 bridgehead atoms. The zero-order valence-corrected chi connectivity index (χ0v) is 13.2. The van der Waals surface area contributed by atoms with Crippen molar-refractivity contribution in [3.8, 4) is 5.88 Å². The fourth-order valence-electron chi connectivity index (χ4n) is 2.77. The van der Waals surface area contributed by atoms with Crippen LogP contribution in [0.25, 0.3) is 10.1 Å². The van der Waals surface area contributed by atoms with Crippen LogP contribution in [0.4, 0.5) is 0 Å². The summed E-state index contributed by atoms with van der Waals surface area (Å²) in [7, 11) is 0. The number of likely N-dealkylation sites (tertiary alicyclic amines) is 1. The summed E-state index contributed by atoms with van der Waals surface area (Å²) >= 11 is 1.54. The van der Waals surface area contributed by atoms with Crippen molar-refractivity contribution in [2.75, 3.05) is 13.1 Å². The molecule has 1 aliphatic heterocycles. The number of hydrogen-bond acceptors (Lipinski definition) is 5. The molecular formula is C17H15N3O2S. The molecule has 1 unspecified atom stereocenters. The van der Waals surface area contributed by atoms with Crippen LogP contribution in [0.3, 0.4) is 0 Å². The van der Waals surface area contributed by atoms with E-state index in [0.29, 0.717) is 19.0 Å². The van der Waals surface area contributed by atoms with Crippen molar-refractivity contribution in [1.82, 2.24) is 15.1 Å². The molecule has 5 nitrogen and oxygen atoms in total. The molecule has 1 aliphatic rings. The molecule has 0 radical (unpaired) electrons. The van der Waals surface area contributed by atoms with Crippen LogP contribution in [0.5, 0.6) is 5.88 Å². The van der Waals surface area contributed by atoms with Crippen LogP contribution in [0.2, 0.25) is 0 Å². The van der Waals surface area contributed by atoms with Gasteiger partial charge in [0, 0.05) is 29.9 Å². The van der Waals surface area contributed by atoms with Gasteiger partial charge in [0.1, 0.15) is 6.10 Å². The quantitative estimate of drug-likeness (QED) is 0.743. The van der Waals surface area contributed by atoms with Gasteiger partial charge in [-0.2, -0.15) is 5.10 Å². The maximum absolute atomic E-state index is 12.7. The minimum absolute atomic E-state index is 0.0231. The normalized spacial score (nSPS) is 17.6. The first-order chi connectivity index (χ1) is 11.3. The fourth-order valence-corrected chi connectivity index (χ4v) is 3.80. The number of hydrogen-bond donors (Lipinski definition) is 0. The molecule has 1 atom stereocenters. The predicted octanol–water partition coefficient (Wildman–Crippen LogP) is 2.98. The number of ether oxygens (including phenoxy) is 1. The van der Waals surface area contributed by atoms with Crippen LogP contribution in [0.15, 0.2) is 48.7 Å². The van der Waals surface area contributed by atoms with Crippen molar-refractivity contribution < 1.29 is 9.53 Å². The number of fused-ring (bicyclic) bond motifs is 1. The molecule has 1 saturated heterocycles. The van der Waals surface area contributed by atoms with Gasteiger partial charge in [-0.25, -0.2) is 0 Å². The average molecular weight is 325 g/mol. The number of thiophene rings is 1. The zero-order chi connectivity index (χ0) is 15.6. The highest BCUT2D eigenvalue weighted by Crippen LogP contribution is 2.27. The molecule has 1 aromatic carbocycles. The van der Waals surface area contributed by atoms with E-state index in [2.05, 4.69) is 10.2 Å². The molecule has 0 aliphatic carbocycles. The molecule has 1 fully saturated rings. The molecule has 2 aromatic heterocycles. The summed E-state index contributed by atoms with van der Waals surface area (Å²) in [5, 5.41) is 8.84. The lowest BCUT2D eigenvalue weighted by Crippen LogP contribution is -2.30. The Balaban J connectivity index is 1.45. The third-order valence-corrected chi connectivity index (χ3v) is 5.01. The highest BCUT2D eigenvalue weighted by atomic mass is 32.1. The molecule has 0 saturated carbocycles. The van der Waals surface area contributed by atoms with Crippen LogP contribution in [-0.4, -0.2) is 40.2 Å². The maximum Gasteiger partial charge on any atom is 0.264 e. The topological polar surface area (TPSA) is 55.3 Å². The molecule has 6 heteroatoms. The van der Waals surface area contributed by atoms with Gasteiger partial charge in [-0.1, -0.05) is 18.2 Å². The van der Waals surface area contributed by atoms with Gasteiger partial charge in [-0.3, -0.25) is 4.79 Å². The molecule has 0 spiro atoms. The third-order valence-electron chi connectivity index (χ3n) is 3.90. The Kier molecular flexibility index (Phi) is 3.67. The van der Waals surface area contributed by atoms with E-state index in [1.807, 2.05) is 35.2 Å². The molecule has 3 aromatic rings. The van der Waals surface area contributed by atoms with E-state index in [1.165, 1.54) is 0 Å². The van der Waals surface area contributed by atoms with Crippen LogP contribution < -0.4 is 4.74 Å².